The van der Waals surface area contributed by atoms with E-state index in [-0.39, 0.29) is 0 Å². The van der Waals surface area contributed by atoms with Crippen LogP contribution >= 0.6 is 0 Å². The minimum atomic E-state index is 0.457. The van der Waals surface area contributed by atoms with Crippen LogP contribution in [0.15, 0.2) is 10.9 Å². The smallest absolute Gasteiger partial charge is 0.239 e. The van der Waals surface area contributed by atoms with Crippen LogP contribution in [-0.2, 0) is 6.42 Å². The standard InChI is InChI=1S/C8H11N5O/c1-5(2)3-6-11-8(13-14-6)7-9-4-10-12-7/h4-5H,3H2,1-2H3,(H,9,10,12). The van der Waals surface area contributed by atoms with Gasteiger partial charge in [0.25, 0.3) is 0 Å². The maximum Gasteiger partial charge on any atom is 0.239 e. The number of aromatic amines is 1. The lowest BCUT2D eigenvalue weighted by atomic mass is 10.1. The van der Waals surface area contributed by atoms with Crippen LogP contribution in [0.25, 0.3) is 11.6 Å². The Morgan fingerprint density at radius 3 is 3.00 bits per heavy atom. The summed E-state index contributed by atoms with van der Waals surface area (Å²) in [4.78, 5) is 8.11. The fraction of sp³-hybridized carbons (Fsp3) is 0.500. The highest BCUT2D eigenvalue weighted by atomic mass is 16.5. The van der Waals surface area contributed by atoms with Crippen LogP contribution in [0.3, 0.4) is 0 Å². The van der Waals surface area contributed by atoms with Crippen molar-refractivity contribution in [3.8, 4) is 11.6 Å². The summed E-state index contributed by atoms with van der Waals surface area (Å²) >= 11 is 0. The lowest BCUT2D eigenvalue weighted by molar-refractivity contribution is 0.363. The summed E-state index contributed by atoms with van der Waals surface area (Å²) in [6, 6.07) is 0. The Balaban J connectivity index is 2.18. The molecule has 2 heterocycles. The fourth-order valence-electron chi connectivity index (χ4n) is 1.10. The van der Waals surface area contributed by atoms with Crippen LogP contribution in [0.1, 0.15) is 19.7 Å². The molecule has 74 valence electrons. The molecule has 0 bridgehead atoms. The van der Waals surface area contributed by atoms with E-state index in [1.54, 1.807) is 0 Å². The van der Waals surface area contributed by atoms with Crippen LogP contribution in [0.5, 0.6) is 0 Å². The van der Waals surface area contributed by atoms with E-state index in [1.165, 1.54) is 6.33 Å². The average molecular weight is 193 g/mol. The summed E-state index contributed by atoms with van der Waals surface area (Å²) in [6.45, 7) is 4.19. The quantitative estimate of drug-likeness (QED) is 0.788. The van der Waals surface area contributed by atoms with Gasteiger partial charge in [0.15, 0.2) is 5.82 Å². The molecule has 0 aromatic carbocycles. The van der Waals surface area contributed by atoms with E-state index in [0.717, 1.165) is 6.42 Å². The molecule has 0 aliphatic heterocycles. The largest absolute Gasteiger partial charge is 0.339 e. The van der Waals surface area contributed by atoms with Crippen LogP contribution in [-0.4, -0.2) is 25.3 Å². The Morgan fingerprint density at radius 2 is 2.36 bits per heavy atom. The number of nitrogens with one attached hydrogen (secondary N) is 1. The van der Waals surface area contributed by atoms with Gasteiger partial charge in [0.05, 0.1) is 0 Å². The van der Waals surface area contributed by atoms with E-state index in [0.29, 0.717) is 23.5 Å². The van der Waals surface area contributed by atoms with Gasteiger partial charge in [0, 0.05) is 6.42 Å². The van der Waals surface area contributed by atoms with Gasteiger partial charge in [-0.25, -0.2) is 4.98 Å². The molecule has 0 radical (unpaired) electrons. The molecule has 6 heteroatoms. The molecule has 0 unspecified atom stereocenters. The normalized spacial score (nSPS) is 11.1. The fourth-order valence-corrected chi connectivity index (χ4v) is 1.10. The summed E-state index contributed by atoms with van der Waals surface area (Å²) in [5, 5.41) is 10.2. The third-order valence-electron chi connectivity index (χ3n) is 1.68. The first-order valence-electron chi connectivity index (χ1n) is 4.44. The second kappa shape index (κ2) is 3.57. The van der Waals surface area contributed by atoms with Crippen molar-refractivity contribution < 1.29 is 4.52 Å². The minimum Gasteiger partial charge on any atom is -0.339 e. The van der Waals surface area contributed by atoms with Gasteiger partial charge in [-0.1, -0.05) is 19.0 Å². The van der Waals surface area contributed by atoms with Gasteiger partial charge in [-0.2, -0.15) is 10.1 Å². The Hall–Kier alpha value is -1.72. The van der Waals surface area contributed by atoms with E-state index in [1.807, 2.05) is 0 Å². The van der Waals surface area contributed by atoms with Crippen LogP contribution in [0, 0.1) is 5.92 Å². The van der Waals surface area contributed by atoms with Crippen LogP contribution < -0.4 is 0 Å². The SMILES string of the molecule is CC(C)Cc1nc(-c2ncn[nH]2)no1. The van der Waals surface area contributed by atoms with Gasteiger partial charge >= 0.3 is 0 Å². The number of rotatable bonds is 3. The van der Waals surface area contributed by atoms with Gasteiger partial charge in [-0.05, 0) is 5.92 Å². The molecule has 0 amide bonds. The molecule has 2 rings (SSSR count). The topological polar surface area (TPSA) is 80.5 Å². The number of aromatic nitrogens is 5. The average Bonchev–Trinajstić information content (AvgIpc) is 2.69. The highest BCUT2D eigenvalue weighted by Gasteiger charge is 2.11. The van der Waals surface area contributed by atoms with E-state index in [2.05, 4.69) is 39.2 Å². The molecule has 0 aliphatic rings. The van der Waals surface area contributed by atoms with Crippen LogP contribution in [0.2, 0.25) is 0 Å². The van der Waals surface area contributed by atoms with Crippen molar-refractivity contribution in [2.75, 3.05) is 0 Å². The van der Waals surface area contributed by atoms with E-state index in [4.69, 9.17) is 4.52 Å². The van der Waals surface area contributed by atoms with Gasteiger partial charge < -0.3 is 4.52 Å². The predicted molar refractivity (Wildman–Crippen MR) is 48.2 cm³/mol. The molecular formula is C8H11N5O. The Kier molecular flexibility index (Phi) is 2.26. The van der Waals surface area contributed by atoms with Gasteiger partial charge in [0.1, 0.15) is 6.33 Å². The van der Waals surface area contributed by atoms with E-state index in [9.17, 15) is 0 Å². The maximum absolute atomic E-state index is 5.05. The molecule has 0 aliphatic carbocycles. The van der Waals surface area contributed by atoms with Crippen molar-refractivity contribution in [3.63, 3.8) is 0 Å². The van der Waals surface area contributed by atoms with Crippen molar-refractivity contribution in [2.45, 2.75) is 20.3 Å². The molecule has 6 nitrogen and oxygen atoms in total. The van der Waals surface area contributed by atoms with Gasteiger partial charge in [-0.3, -0.25) is 5.10 Å². The Bertz CT molecular complexity index is 392. The highest BCUT2D eigenvalue weighted by Crippen LogP contribution is 2.11. The lowest BCUT2D eigenvalue weighted by Gasteiger charge is -1.95. The second-order valence-corrected chi connectivity index (χ2v) is 3.44. The molecule has 0 saturated heterocycles. The number of hydrogen-bond acceptors (Lipinski definition) is 5. The molecule has 14 heavy (non-hydrogen) atoms. The monoisotopic (exact) mass is 193 g/mol. The minimum absolute atomic E-state index is 0.457. The Labute approximate surface area is 80.8 Å². The summed E-state index contributed by atoms with van der Waals surface area (Å²) < 4.78 is 5.05. The molecule has 1 N–H and O–H groups in total. The summed E-state index contributed by atoms with van der Waals surface area (Å²) in [6.07, 6.45) is 2.19. The second-order valence-electron chi connectivity index (χ2n) is 3.44. The molecule has 0 atom stereocenters. The zero-order valence-corrected chi connectivity index (χ0v) is 8.06. The van der Waals surface area contributed by atoms with E-state index < -0.39 is 0 Å². The summed E-state index contributed by atoms with van der Waals surface area (Å²) in [5.74, 6) is 2.12. The lowest BCUT2D eigenvalue weighted by Crippen LogP contribution is -1.94. The van der Waals surface area contributed by atoms with Crippen molar-refractivity contribution in [3.05, 3.63) is 12.2 Å². The number of nitrogens with zero attached hydrogens (tertiary/aromatic N) is 4. The molecule has 0 spiro atoms. The Morgan fingerprint density at radius 1 is 1.50 bits per heavy atom. The molecule has 0 fully saturated rings. The molecule has 2 aromatic rings. The summed E-state index contributed by atoms with van der Waals surface area (Å²) in [5.41, 5.74) is 0. The van der Waals surface area contributed by atoms with Crippen molar-refractivity contribution in [1.82, 2.24) is 25.3 Å². The van der Waals surface area contributed by atoms with E-state index >= 15 is 0 Å². The third kappa shape index (κ3) is 1.78. The summed E-state index contributed by atoms with van der Waals surface area (Å²) in [7, 11) is 0. The molecule has 0 saturated carbocycles. The third-order valence-corrected chi connectivity index (χ3v) is 1.68. The first-order chi connectivity index (χ1) is 6.75. The molecule has 2 aromatic heterocycles. The number of hydrogen-bond donors (Lipinski definition) is 1. The van der Waals surface area contributed by atoms with Crippen molar-refractivity contribution >= 4 is 0 Å². The van der Waals surface area contributed by atoms with Crippen LogP contribution in [0.4, 0.5) is 0 Å². The van der Waals surface area contributed by atoms with Crippen molar-refractivity contribution in [2.24, 2.45) is 5.92 Å². The van der Waals surface area contributed by atoms with Gasteiger partial charge in [-0.15, -0.1) is 0 Å². The highest BCUT2D eigenvalue weighted by molar-refractivity contribution is 5.39. The van der Waals surface area contributed by atoms with Crippen molar-refractivity contribution in [1.29, 1.82) is 0 Å². The zero-order chi connectivity index (χ0) is 9.97. The van der Waals surface area contributed by atoms with Gasteiger partial charge in [0.2, 0.25) is 11.7 Å². The molecular weight excluding hydrogens is 182 g/mol. The first kappa shape index (κ1) is 8.86. The predicted octanol–water partition coefficient (Wildman–Crippen LogP) is 1.05. The number of H-pyrrole nitrogens is 1. The maximum atomic E-state index is 5.05. The zero-order valence-electron chi connectivity index (χ0n) is 8.06. The first-order valence-corrected chi connectivity index (χ1v) is 4.44.